The summed E-state index contributed by atoms with van der Waals surface area (Å²) in [5.41, 5.74) is 2.74. The summed E-state index contributed by atoms with van der Waals surface area (Å²) in [5.74, 6) is 0. The summed E-state index contributed by atoms with van der Waals surface area (Å²) in [4.78, 5) is 1.89. The van der Waals surface area contributed by atoms with E-state index in [1.54, 1.807) is 0 Å². The Balaban J connectivity index is 2.40. The molecular weight excluding hydrogens is 172 g/mol. The number of fused-ring (bicyclic) bond motifs is 1. The summed E-state index contributed by atoms with van der Waals surface area (Å²) in [6.45, 7) is 3.00. The van der Waals surface area contributed by atoms with Crippen molar-refractivity contribution in [3.63, 3.8) is 0 Å². The fourth-order valence-corrected chi connectivity index (χ4v) is 2.21. The average molecular weight is 186 g/mol. The van der Waals surface area contributed by atoms with Gasteiger partial charge in [0.25, 0.3) is 0 Å². The standard InChI is InChI=1S/C12H14N2/c1-2-12-11-6-4-3-5-10(11)7-8-14(12)9-13/h3-6,12H,2,7-8H2,1H3. The largest absolute Gasteiger partial charge is 0.303 e. The van der Waals surface area contributed by atoms with Crippen LogP contribution in [-0.4, -0.2) is 11.4 Å². The predicted molar refractivity (Wildman–Crippen MR) is 55.5 cm³/mol. The van der Waals surface area contributed by atoms with Crippen LogP contribution in [0.25, 0.3) is 0 Å². The van der Waals surface area contributed by atoms with Crippen molar-refractivity contribution in [2.24, 2.45) is 0 Å². The van der Waals surface area contributed by atoms with Gasteiger partial charge in [-0.25, -0.2) is 0 Å². The number of hydrogen-bond acceptors (Lipinski definition) is 2. The van der Waals surface area contributed by atoms with Crippen molar-refractivity contribution < 1.29 is 0 Å². The maximum Gasteiger partial charge on any atom is 0.179 e. The zero-order valence-corrected chi connectivity index (χ0v) is 8.40. The van der Waals surface area contributed by atoms with Gasteiger partial charge in [-0.2, -0.15) is 5.26 Å². The minimum atomic E-state index is 0.296. The van der Waals surface area contributed by atoms with E-state index < -0.39 is 0 Å². The Morgan fingerprint density at radius 1 is 1.50 bits per heavy atom. The predicted octanol–water partition coefficient (Wildman–Crippen LogP) is 2.48. The molecule has 0 spiro atoms. The summed E-state index contributed by atoms with van der Waals surface area (Å²) >= 11 is 0. The molecule has 1 aromatic carbocycles. The van der Waals surface area contributed by atoms with Gasteiger partial charge in [-0.15, -0.1) is 0 Å². The Morgan fingerprint density at radius 3 is 3.00 bits per heavy atom. The van der Waals surface area contributed by atoms with Crippen LogP contribution < -0.4 is 0 Å². The highest BCUT2D eigenvalue weighted by Crippen LogP contribution is 2.30. The molecule has 1 unspecified atom stereocenters. The van der Waals surface area contributed by atoms with Crippen LogP contribution in [0.15, 0.2) is 24.3 Å². The van der Waals surface area contributed by atoms with Crippen molar-refractivity contribution in [1.82, 2.24) is 4.90 Å². The lowest BCUT2D eigenvalue weighted by molar-refractivity contribution is 0.270. The van der Waals surface area contributed by atoms with Crippen molar-refractivity contribution in [3.05, 3.63) is 35.4 Å². The van der Waals surface area contributed by atoms with Gasteiger partial charge in [-0.05, 0) is 24.0 Å². The fraction of sp³-hybridized carbons (Fsp3) is 0.417. The molecule has 1 aromatic rings. The molecule has 2 nitrogen and oxygen atoms in total. The van der Waals surface area contributed by atoms with Crippen LogP contribution in [0.2, 0.25) is 0 Å². The first-order valence-electron chi connectivity index (χ1n) is 5.11. The van der Waals surface area contributed by atoms with Gasteiger partial charge >= 0.3 is 0 Å². The van der Waals surface area contributed by atoms with E-state index in [0.717, 1.165) is 19.4 Å². The van der Waals surface area contributed by atoms with Gasteiger partial charge in [0.15, 0.2) is 6.19 Å². The molecular formula is C12H14N2. The summed E-state index contributed by atoms with van der Waals surface area (Å²) in [6.07, 6.45) is 4.28. The van der Waals surface area contributed by atoms with Crippen LogP contribution in [0.3, 0.4) is 0 Å². The molecule has 72 valence electrons. The van der Waals surface area contributed by atoms with Gasteiger partial charge < -0.3 is 4.90 Å². The highest BCUT2D eigenvalue weighted by atomic mass is 15.2. The SMILES string of the molecule is CCC1c2ccccc2CCN1C#N. The van der Waals surface area contributed by atoms with Crippen molar-refractivity contribution in [2.75, 3.05) is 6.54 Å². The summed E-state index contributed by atoms with van der Waals surface area (Å²) in [5, 5.41) is 8.99. The van der Waals surface area contributed by atoms with Gasteiger partial charge in [0.05, 0.1) is 6.04 Å². The monoisotopic (exact) mass is 186 g/mol. The minimum Gasteiger partial charge on any atom is -0.303 e. The number of nitriles is 1. The van der Waals surface area contributed by atoms with Crippen molar-refractivity contribution in [3.8, 4) is 6.19 Å². The first-order chi connectivity index (χ1) is 6.86. The van der Waals surface area contributed by atoms with E-state index in [9.17, 15) is 0 Å². The van der Waals surface area contributed by atoms with Crippen LogP contribution in [0, 0.1) is 11.5 Å². The second kappa shape index (κ2) is 3.71. The molecule has 1 aliphatic heterocycles. The van der Waals surface area contributed by atoms with E-state index in [1.807, 2.05) is 4.90 Å². The van der Waals surface area contributed by atoms with E-state index in [-0.39, 0.29) is 0 Å². The van der Waals surface area contributed by atoms with E-state index in [0.29, 0.717) is 6.04 Å². The third kappa shape index (κ3) is 1.35. The zero-order valence-electron chi connectivity index (χ0n) is 8.40. The second-order valence-corrected chi connectivity index (χ2v) is 3.67. The van der Waals surface area contributed by atoms with Crippen molar-refractivity contribution in [1.29, 1.82) is 5.26 Å². The van der Waals surface area contributed by atoms with E-state index in [2.05, 4.69) is 37.4 Å². The lowest BCUT2D eigenvalue weighted by Gasteiger charge is -2.32. The third-order valence-electron chi connectivity index (χ3n) is 2.93. The van der Waals surface area contributed by atoms with E-state index >= 15 is 0 Å². The summed E-state index contributed by atoms with van der Waals surface area (Å²) < 4.78 is 0. The number of nitrogens with zero attached hydrogens (tertiary/aromatic N) is 2. The van der Waals surface area contributed by atoms with Gasteiger partial charge in [0.2, 0.25) is 0 Å². The molecule has 1 heterocycles. The Labute approximate surface area is 84.8 Å². The second-order valence-electron chi connectivity index (χ2n) is 3.67. The first-order valence-corrected chi connectivity index (χ1v) is 5.11. The molecule has 2 rings (SSSR count). The van der Waals surface area contributed by atoms with Crippen LogP contribution in [0.5, 0.6) is 0 Å². The van der Waals surface area contributed by atoms with Crippen LogP contribution in [0.4, 0.5) is 0 Å². The third-order valence-corrected chi connectivity index (χ3v) is 2.93. The van der Waals surface area contributed by atoms with E-state index in [1.165, 1.54) is 11.1 Å². The van der Waals surface area contributed by atoms with Gasteiger partial charge in [-0.1, -0.05) is 31.2 Å². The molecule has 1 aliphatic rings. The van der Waals surface area contributed by atoms with Crippen molar-refractivity contribution >= 4 is 0 Å². The van der Waals surface area contributed by atoms with Crippen LogP contribution in [-0.2, 0) is 6.42 Å². The molecule has 14 heavy (non-hydrogen) atoms. The molecule has 0 fully saturated rings. The highest BCUT2D eigenvalue weighted by Gasteiger charge is 2.24. The van der Waals surface area contributed by atoms with Crippen LogP contribution >= 0.6 is 0 Å². The topological polar surface area (TPSA) is 27.0 Å². The Kier molecular flexibility index (Phi) is 2.41. The van der Waals surface area contributed by atoms with Gasteiger partial charge in [-0.3, -0.25) is 0 Å². The molecule has 1 atom stereocenters. The van der Waals surface area contributed by atoms with Crippen molar-refractivity contribution in [2.45, 2.75) is 25.8 Å². The molecule has 0 N–H and O–H groups in total. The number of hydrogen-bond donors (Lipinski definition) is 0. The molecule has 0 saturated heterocycles. The molecule has 0 aromatic heterocycles. The Bertz CT molecular complexity index is 365. The highest BCUT2D eigenvalue weighted by molar-refractivity contribution is 5.33. The Hall–Kier alpha value is -1.49. The smallest absolute Gasteiger partial charge is 0.179 e. The zero-order chi connectivity index (χ0) is 9.97. The van der Waals surface area contributed by atoms with Gasteiger partial charge in [0, 0.05) is 6.54 Å². The summed E-state index contributed by atoms with van der Waals surface area (Å²) in [7, 11) is 0. The summed E-state index contributed by atoms with van der Waals surface area (Å²) in [6, 6.07) is 8.75. The lowest BCUT2D eigenvalue weighted by atomic mass is 9.92. The minimum absolute atomic E-state index is 0.296. The molecule has 0 aliphatic carbocycles. The van der Waals surface area contributed by atoms with E-state index in [4.69, 9.17) is 5.26 Å². The lowest BCUT2D eigenvalue weighted by Crippen LogP contribution is -2.31. The molecule has 0 amide bonds. The first kappa shape index (κ1) is 9.08. The normalized spacial score (nSPS) is 20.0. The molecule has 0 bridgehead atoms. The molecule has 2 heteroatoms. The maximum absolute atomic E-state index is 8.99. The number of benzene rings is 1. The Morgan fingerprint density at radius 2 is 2.29 bits per heavy atom. The quantitative estimate of drug-likeness (QED) is 0.630. The average Bonchev–Trinajstić information content (AvgIpc) is 2.27. The van der Waals surface area contributed by atoms with Crippen LogP contribution in [0.1, 0.15) is 30.5 Å². The molecule has 0 saturated carbocycles. The number of rotatable bonds is 1. The van der Waals surface area contributed by atoms with Gasteiger partial charge in [0.1, 0.15) is 0 Å². The molecule has 0 radical (unpaired) electrons. The fourth-order valence-electron chi connectivity index (χ4n) is 2.21. The maximum atomic E-state index is 8.99.